The van der Waals surface area contributed by atoms with Crippen LogP contribution in [0.4, 0.5) is 4.39 Å². The van der Waals surface area contributed by atoms with E-state index in [-0.39, 0.29) is 36.5 Å². The summed E-state index contributed by atoms with van der Waals surface area (Å²) in [6.45, 7) is 2.90. The Morgan fingerprint density at radius 1 is 1.33 bits per heavy atom. The minimum atomic E-state index is -0.518. The molecule has 0 bridgehead atoms. The van der Waals surface area contributed by atoms with Crippen molar-refractivity contribution in [2.45, 2.75) is 19.4 Å². The van der Waals surface area contributed by atoms with Gasteiger partial charge in [-0.15, -0.1) is 5.10 Å². The zero-order valence-corrected chi connectivity index (χ0v) is 13.2. The van der Waals surface area contributed by atoms with Crippen LogP contribution in [-0.2, 0) is 16.0 Å². The predicted octanol–water partition coefficient (Wildman–Crippen LogP) is 1.22. The molecule has 24 heavy (non-hydrogen) atoms. The first kappa shape index (κ1) is 16.1. The van der Waals surface area contributed by atoms with E-state index in [1.807, 2.05) is 0 Å². The maximum atomic E-state index is 13.6. The van der Waals surface area contributed by atoms with E-state index in [1.54, 1.807) is 34.7 Å². The number of aromatic nitrogens is 3. The molecule has 0 atom stereocenters. The average molecular weight is 332 g/mol. The molecule has 1 aliphatic rings. The van der Waals surface area contributed by atoms with Gasteiger partial charge >= 0.3 is 5.97 Å². The molecule has 1 aromatic heterocycles. The first-order chi connectivity index (χ1) is 11.6. The highest BCUT2D eigenvalue weighted by molar-refractivity contribution is 5.86. The minimum absolute atomic E-state index is 0.0326. The summed E-state index contributed by atoms with van der Waals surface area (Å²) in [7, 11) is 0. The van der Waals surface area contributed by atoms with Crippen molar-refractivity contribution in [3.63, 3.8) is 0 Å². The largest absolute Gasteiger partial charge is 0.461 e. The fraction of sp³-hybridized carbons (Fsp3) is 0.375. The van der Waals surface area contributed by atoms with Crippen molar-refractivity contribution in [3.8, 4) is 0 Å². The number of halogens is 1. The number of nitrogens with zero attached hydrogens (tertiary/aromatic N) is 4. The third-order valence-corrected chi connectivity index (χ3v) is 3.88. The zero-order chi connectivity index (χ0) is 17.1. The van der Waals surface area contributed by atoms with Gasteiger partial charge in [0, 0.05) is 13.1 Å². The van der Waals surface area contributed by atoms with Crippen molar-refractivity contribution in [2.24, 2.45) is 0 Å². The number of ether oxygens (including phenoxy) is 1. The van der Waals surface area contributed by atoms with Crippen LogP contribution >= 0.6 is 0 Å². The molecular formula is C16H17FN4O3. The monoisotopic (exact) mass is 332 g/mol. The molecule has 0 radical (unpaired) electrons. The van der Waals surface area contributed by atoms with Crippen LogP contribution in [0.2, 0.25) is 0 Å². The molecular weight excluding hydrogens is 315 g/mol. The van der Waals surface area contributed by atoms with Crippen LogP contribution in [0.25, 0.3) is 0 Å². The van der Waals surface area contributed by atoms with Gasteiger partial charge < -0.3 is 9.64 Å². The summed E-state index contributed by atoms with van der Waals surface area (Å²) < 4.78 is 20.0. The number of carbonyl (C=O) groups excluding carboxylic acids is 2. The molecule has 126 valence electrons. The molecule has 2 aromatic rings. The molecule has 0 unspecified atom stereocenters. The van der Waals surface area contributed by atoms with Crippen LogP contribution in [0.1, 0.15) is 29.0 Å². The number of amides is 1. The Kier molecular flexibility index (Phi) is 4.54. The molecule has 3 rings (SSSR count). The summed E-state index contributed by atoms with van der Waals surface area (Å²) in [4.78, 5) is 25.3. The van der Waals surface area contributed by atoms with Crippen LogP contribution in [-0.4, -0.2) is 51.5 Å². The van der Waals surface area contributed by atoms with E-state index in [0.29, 0.717) is 18.7 Å². The van der Waals surface area contributed by atoms with E-state index in [4.69, 9.17) is 4.74 Å². The number of hydrogen-bond donors (Lipinski definition) is 0. The standard InChI is InChI=1S/C16H17FN4O3/c1-2-24-16(23)14-10-21(19-18-14)12-8-20(9-12)15(22)7-11-5-3-4-6-13(11)17/h3-6,10,12H,2,7-9H2,1H3. The molecule has 1 saturated heterocycles. The number of likely N-dealkylation sites (tertiary alicyclic amines) is 1. The Morgan fingerprint density at radius 3 is 2.79 bits per heavy atom. The fourth-order valence-electron chi connectivity index (χ4n) is 2.50. The highest BCUT2D eigenvalue weighted by Crippen LogP contribution is 2.22. The summed E-state index contributed by atoms with van der Waals surface area (Å²) in [6, 6.07) is 6.21. The number of carbonyl (C=O) groups is 2. The topological polar surface area (TPSA) is 77.3 Å². The molecule has 0 N–H and O–H groups in total. The van der Waals surface area contributed by atoms with Crippen molar-refractivity contribution >= 4 is 11.9 Å². The van der Waals surface area contributed by atoms with Crippen LogP contribution in [0.3, 0.4) is 0 Å². The smallest absolute Gasteiger partial charge is 0.360 e. The number of benzene rings is 1. The van der Waals surface area contributed by atoms with E-state index >= 15 is 0 Å². The van der Waals surface area contributed by atoms with Gasteiger partial charge in [0.25, 0.3) is 0 Å². The lowest BCUT2D eigenvalue weighted by Gasteiger charge is -2.38. The van der Waals surface area contributed by atoms with E-state index in [9.17, 15) is 14.0 Å². The first-order valence-electron chi connectivity index (χ1n) is 7.68. The van der Waals surface area contributed by atoms with Crippen LogP contribution in [0.5, 0.6) is 0 Å². The zero-order valence-electron chi connectivity index (χ0n) is 13.2. The molecule has 0 aliphatic carbocycles. The molecule has 7 nitrogen and oxygen atoms in total. The summed E-state index contributed by atoms with van der Waals surface area (Å²) >= 11 is 0. The van der Waals surface area contributed by atoms with Gasteiger partial charge in [0.1, 0.15) is 5.82 Å². The SMILES string of the molecule is CCOC(=O)c1cn(C2CN(C(=O)Cc3ccccc3F)C2)nn1. The fourth-order valence-corrected chi connectivity index (χ4v) is 2.50. The van der Waals surface area contributed by atoms with Crippen molar-refractivity contribution in [2.75, 3.05) is 19.7 Å². The molecule has 0 spiro atoms. The number of esters is 1. The molecule has 1 amide bonds. The quantitative estimate of drug-likeness (QED) is 0.770. The van der Waals surface area contributed by atoms with Crippen molar-refractivity contribution in [3.05, 3.63) is 47.5 Å². The predicted molar refractivity (Wildman–Crippen MR) is 81.7 cm³/mol. The second-order valence-electron chi connectivity index (χ2n) is 5.52. The normalized spacial score (nSPS) is 14.3. The van der Waals surface area contributed by atoms with Gasteiger partial charge in [-0.25, -0.2) is 13.9 Å². The first-order valence-corrected chi connectivity index (χ1v) is 7.68. The van der Waals surface area contributed by atoms with Gasteiger partial charge in [0.05, 0.1) is 25.3 Å². The second kappa shape index (κ2) is 6.77. The third-order valence-electron chi connectivity index (χ3n) is 3.88. The van der Waals surface area contributed by atoms with Gasteiger partial charge in [-0.05, 0) is 18.6 Å². The van der Waals surface area contributed by atoms with E-state index in [0.717, 1.165) is 0 Å². The molecule has 1 aliphatic heterocycles. The van der Waals surface area contributed by atoms with Crippen LogP contribution in [0.15, 0.2) is 30.5 Å². The Morgan fingerprint density at radius 2 is 2.08 bits per heavy atom. The molecule has 1 aromatic carbocycles. The van der Waals surface area contributed by atoms with E-state index in [2.05, 4.69) is 10.3 Å². The second-order valence-corrected chi connectivity index (χ2v) is 5.52. The summed E-state index contributed by atoms with van der Waals surface area (Å²) in [5.74, 6) is -1.03. The highest BCUT2D eigenvalue weighted by Gasteiger charge is 2.33. The van der Waals surface area contributed by atoms with Gasteiger partial charge in [-0.2, -0.15) is 0 Å². The highest BCUT2D eigenvalue weighted by atomic mass is 19.1. The van der Waals surface area contributed by atoms with Crippen molar-refractivity contribution in [1.82, 2.24) is 19.9 Å². The average Bonchev–Trinajstić information content (AvgIpc) is 2.98. The lowest BCUT2D eigenvalue weighted by atomic mass is 10.1. The van der Waals surface area contributed by atoms with Gasteiger partial charge in [-0.1, -0.05) is 23.4 Å². The number of hydrogen-bond acceptors (Lipinski definition) is 5. The Labute approximate surface area is 138 Å². The molecule has 0 saturated carbocycles. The Hall–Kier alpha value is -2.77. The van der Waals surface area contributed by atoms with Crippen LogP contribution in [0, 0.1) is 5.82 Å². The molecule has 2 heterocycles. The molecule has 1 fully saturated rings. The van der Waals surface area contributed by atoms with Gasteiger partial charge in [0.2, 0.25) is 5.91 Å². The number of rotatable bonds is 5. The summed E-state index contributed by atoms with van der Waals surface area (Å²) in [6.07, 6.45) is 1.55. The lowest BCUT2D eigenvalue weighted by Crippen LogP contribution is -2.51. The summed E-state index contributed by atoms with van der Waals surface area (Å²) in [5, 5.41) is 7.67. The minimum Gasteiger partial charge on any atom is -0.461 e. The maximum Gasteiger partial charge on any atom is 0.360 e. The third kappa shape index (κ3) is 3.27. The molecule has 8 heteroatoms. The van der Waals surface area contributed by atoms with Crippen molar-refractivity contribution < 1.29 is 18.7 Å². The Bertz CT molecular complexity index is 755. The lowest BCUT2D eigenvalue weighted by molar-refractivity contribution is -0.136. The summed E-state index contributed by atoms with van der Waals surface area (Å²) in [5.41, 5.74) is 0.532. The van der Waals surface area contributed by atoms with Gasteiger partial charge in [-0.3, -0.25) is 4.79 Å². The van der Waals surface area contributed by atoms with Crippen molar-refractivity contribution in [1.29, 1.82) is 0 Å². The maximum absolute atomic E-state index is 13.6. The van der Waals surface area contributed by atoms with Crippen LogP contribution < -0.4 is 0 Å². The van der Waals surface area contributed by atoms with E-state index < -0.39 is 5.97 Å². The Balaban J connectivity index is 1.54. The van der Waals surface area contributed by atoms with E-state index in [1.165, 1.54) is 12.3 Å². The van der Waals surface area contributed by atoms with Gasteiger partial charge in [0.15, 0.2) is 5.69 Å².